The molecule has 12 nitrogen and oxygen atoms in total. The van der Waals surface area contributed by atoms with Crippen molar-refractivity contribution in [3.05, 3.63) is 48.0 Å². The zero-order valence-corrected chi connectivity index (χ0v) is 30.3. The first kappa shape index (κ1) is 38.4. The van der Waals surface area contributed by atoms with Gasteiger partial charge in [-0.3, -0.25) is 4.79 Å². The fraction of sp³-hybridized carbons (Fsp3) is 0.611. The van der Waals surface area contributed by atoms with Crippen molar-refractivity contribution in [2.45, 2.75) is 101 Å². The van der Waals surface area contributed by atoms with Crippen molar-refractivity contribution in [2.75, 3.05) is 45.8 Å². The van der Waals surface area contributed by atoms with E-state index in [1.807, 2.05) is 13.8 Å². The molecular weight excluding hydrogens is 648 g/mol. The van der Waals surface area contributed by atoms with Gasteiger partial charge in [-0.05, 0) is 88.4 Å². The van der Waals surface area contributed by atoms with E-state index >= 15 is 0 Å². The predicted octanol–water partition coefficient (Wildman–Crippen LogP) is 5.27. The van der Waals surface area contributed by atoms with Crippen molar-refractivity contribution in [2.24, 2.45) is 5.92 Å². The van der Waals surface area contributed by atoms with Crippen molar-refractivity contribution in [3.8, 4) is 11.5 Å². The molecule has 1 aliphatic heterocycles. The van der Waals surface area contributed by atoms with Crippen LogP contribution in [0, 0.1) is 5.92 Å². The molecule has 2 aromatic rings. The number of carbonyl (C=O) groups is 2. The van der Waals surface area contributed by atoms with E-state index in [1.165, 1.54) is 37.0 Å². The van der Waals surface area contributed by atoms with Gasteiger partial charge in [0.15, 0.2) is 0 Å². The molecule has 1 aliphatic carbocycles. The Bertz CT molecular complexity index is 1480. The molecule has 0 saturated heterocycles. The minimum Gasteiger partial charge on any atom is -0.497 e. The Balaban J connectivity index is 1.60. The van der Waals surface area contributed by atoms with Crippen LogP contribution in [0.1, 0.15) is 82.5 Å². The molecule has 4 atom stereocenters. The average molecular weight is 703 g/mol. The van der Waals surface area contributed by atoms with Crippen LogP contribution in [0.3, 0.4) is 0 Å². The number of aliphatic hydroxyl groups excluding tert-OH is 1. The van der Waals surface area contributed by atoms with Crippen LogP contribution < -0.4 is 20.1 Å². The number of benzene rings is 2. The Morgan fingerprint density at radius 1 is 1.06 bits per heavy atom. The lowest BCUT2D eigenvalue weighted by Crippen LogP contribution is -2.48. The molecule has 2 aliphatic rings. The quantitative estimate of drug-likeness (QED) is 0.321. The summed E-state index contributed by atoms with van der Waals surface area (Å²) < 4.78 is 46.1. The molecule has 0 unspecified atom stereocenters. The summed E-state index contributed by atoms with van der Waals surface area (Å²) in [6, 6.07) is 10.5. The van der Waals surface area contributed by atoms with Crippen LogP contribution >= 0.6 is 0 Å². The lowest BCUT2D eigenvalue weighted by Gasteiger charge is -2.35. The predicted molar refractivity (Wildman–Crippen MR) is 189 cm³/mol. The van der Waals surface area contributed by atoms with E-state index in [4.69, 9.17) is 14.2 Å². The van der Waals surface area contributed by atoms with Gasteiger partial charge in [-0.15, -0.1) is 0 Å². The number of aliphatic hydroxyl groups is 1. The second-order valence-electron chi connectivity index (χ2n) is 13.4. The molecule has 0 bridgehead atoms. The number of carbonyl (C=O) groups excluding carboxylic acids is 2. The monoisotopic (exact) mass is 702 g/mol. The maximum atomic E-state index is 14.4. The van der Waals surface area contributed by atoms with E-state index < -0.39 is 22.2 Å². The second-order valence-corrected chi connectivity index (χ2v) is 15.5. The smallest absolute Gasteiger partial charge is 0.319 e. The fourth-order valence-corrected chi connectivity index (χ4v) is 7.52. The van der Waals surface area contributed by atoms with Gasteiger partial charge < -0.3 is 34.9 Å². The second kappa shape index (κ2) is 18.0. The summed E-state index contributed by atoms with van der Waals surface area (Å²) in [5.41, 5.74) is 0.720. The Morgan fingerprint density at radius 2 is 1.76 bits per heavy atom. The number of amides is 3. The standard InChI is InChI=1S/C36H54N4O8S/c1-25-22-40(26(2)24-41)35(42)32-21-29(38-36(43)37-28-12-7-6-8-13-28)14-19-33(32)48-27(3)11-9-10-20-47-34(25)23-39(4)49(44,45)31-17-15-30(46-5)16-18-31/h14-19,21,25-28,34,41H,6-13,20,22-24H2,1-5H3,(H2,37,38,43)/t25-,26+,27-,34-/m0/s1. The van der Waals surface area contributed by atoms with Crippen LogP contribution in [-0.4, -0.2) is 99.4 Å². The number of hydrogen-bond acceptors (Lipinski definition) is 8. The van der Waals surface area contributed by atoms with E-state index in [9.17, 15) is 23.1 Å². The molecule has 1 heterocycles. The van der Waals surface area contributed by atoms with Gasteiger partial charge in [-0.25, -0.2) is 13.2 Å². The maximum Gasteiger partial charge on any atom is 0.319 e. The lowest BCUT2D eigenvalue weighted by molar-refractivity contribution is -0.00834. The summed E-state index contributed by atoms with van der Waals surface area (Å²) in [5, 5.41) is 16.2. The minimum atomic E-state index is -3.84. The molecule has 1 saturated carbocycles. The Morgan fingerprint density at radius 3 is 2.43 bits per heavy atom. The van der Waals surface area contributed by atoms with Gasteiger partial charge in [0, 0.05) is 44.4 Å². The third-order valence-electron chi connectivity index (χ3n) is 9.45. The first-order chi connectivity index (χ1) is 23.4. The molecule has 0 aromatic heterocycles. The van der Waals surface area contributed by atoms with Gasteiger partial charge >= 0.3 is 6.03 Å². The van der Waals surface area contributed by atoms with E-state index in [0.717, 1.165) is 38.5 Å². The first-order valence-corrected chi connectivity index (χ1v) is 18.9. The number of urea groups is 1. The number of rotatable bonds is 9. The van der Waals surface area contributed by atoms with Gasteiger partial charge in [0.1, 0.15) is 11.5 Å². The van der Waals surface area contributed by atoms with Crippen molar-refractivity contribution in [3.63, 3.8) is 0 Å². The molecule has 13 heteroatoms. The molecular formula is C36H54N4O8S. The minimum absolute atomic E-state index is 0.0609. The number of nitrogens with one attached hydrogen (secondary N) is 2. The summed E-state index contributed by atoms with van der Waals surface area (Å²) in [5.74, 6) is 0.259. The zero-order chi connectivity index (χ0) is 35.6. The number of methoxy groups -OCH3 is 1. The van der Waals surface area contributed by atoms with Crippen molar-refractivity contribution >= 4 is 27.6 Å². The third kappa shape index (κ3) is 10.6. The van der Waals surface area contributed by atoms with Crippen LogP contribution in [0.4, 0.5) is 10.5 Å². The van der Waals surface area contributed by atoms with Crippen LogP contribution in [0.15, 0.2) is 47.4 Å². The highest BCUT2D eigenvalue weighted by atomic mass is 32.2. The van der Waals surface area contributed by atoms with E-state index in [1.54, 1.807) is 42.2 Å². The molecule has 49 heavy (non-hydrogen) atoms. The van der Waals surface area contributed by atoms with Crippen LogP contribution in [-0.2, 0) is 14.8 Å². The number of nitrogens with zero attached hydrogens (tertiary/aromatic N) is 2. The zero-order valence-electron chi connectivity index (χ0n) is 29.5. The number of hydrogen-bond donors (Lipinski definition) is 3. The van der Waals surface area contributed by atoms with E-state index in [0.29, 0.717) is 30.2 Å². The van der Waals surface area contributed by atoms with Crippen molar-refractivity contribution in [1.82, 2.24) is 14.5 Å². The summed E-state index contributed by atoms with van der Waals surface area (Å²) in [4.78, 5) is 29.0. The summed E-state index contributed by atoms with van der Waals surface area (Å²) in [7, 11) is -0.801. The van der Waals surface area contributed by atoms with Crippen LogP contribution in [0.5, 0.6) is 11.5 Å². The third-order valence-corrected chi connectivity index (χ3v) is 11.3. The molecule has 3 amide bonds. The number of sulfonamides is 1. The normalized spacial score (nSPS) is 22.4. The molecule has 4 rings (SSSR count). The van der Waals surface area contributed by atoms with E-state index in [-0.39, 0.29) is 60.2 Å². The Hall–Kier alpha value is -3.39. The van der Waals surface area contributed by atoms with Crippen molar-refractivity contribution < 1.29 is 37.3 Å². The summed E-state index contributed by atoms with van der Waals surface area (Å²) in [6.07, 6.45) is 6.76. The Kier molecular flexibility index (Phi) is 14.1. The topological polar surface area (TPSA) is 147 Å². The number of fused-ring (bicyclic) bond motifs is 1. The molecule has 0 radical (unpaired) electrons. The molecule has 1 fully saturated rings. The highest BCUT2D eigenvalue weighted by Gasteiger charge is 2.32. The largest absolute Gasteiger partial charge is 0.497 e. The number of ether oxygens (including phenoxy) is 3. The number of anilines is 1. The SMILES string of the molecule is COc1ccc(S(=O)(=O)N(C)C[C@@H]2OCCCC[C@H](C)Oc3ccc(NC(=O)NC4CCCCC4)cc3C(=O)N([C@H](C)CO)C[C@@H]2C)cc1. The van der Waals surface area contributed by atoms with Gasteiger partial charge in [0.25, 0.3) is 5.91 Å². The summed E-state index contributed by atoms with van der Waals surface area (Å²) >= 11 is 0. The highest BCUT2D eigenvalue weighted by Crippen LogP contribution is 2.29. The van der Waals surface area contributed by atoms with Gasteiger partial charge in [0.2, 0.25) is 10.0 Å². The van der Waals surface area contributed by atoms with E-state index in [2.05, 4.69) is 10.6 Å². The van der Waals surface area contributed by atoms with Crippen molar-refractivity contribution in [1.29, 1.82) is 0 Å². The van der Waals surface area contributed by atoms with Crippen LogP contribution in [0.25, 0.3) is 0 Å². The van der Waals surface area contributed by atoms with Gasteiger partial charge in [-0.1, -0.05) is 26.2 Å². The maximum absolute atomic E-state index is 14.4. The molecule has 0 spiro atoms. The first-order valence-electron chi connectivity index (χ1n) is 17.4. The highest BCUT2D eigenvalue weighted by molar-refractivity contribution is 7.89. The molecule has 3 N–H and O–H groups in total. The number of likely N-dealkylation sites (N-methyl/N-ethyl adjacent to an activating group) is 1. The Labute approximate surface area is 291 Å². The van der Waals surface area contributed by atoms with Crippen LogP contribution in [0.2, 0.25) is 0 Å². The fourth-order valence-electron chi connectivity index (χ4n) is 6.34. The molecule has 2 aromatic carbocycles. The lowest BCUT2D eigenvalue weighted by atomic mass is 9.96. The average Bonchev–Trinajstić information content (AvgIpc) is 3.09. The van der Waals surface area contributed by atoms with Gasteiger partial charge in [0.05, 0.1) is 42.4 Å². The summed E-state index contributed by atoms with van der Waals surface area (Å²) in [6.45, 7) is 5.99. The van der Waals surface area contributed by atoms with Gasteiger partial charge in [-0.2, -0.15) is 4.31 Å². The molecule has 272 valence electrons.